The smallest absolute Gasteiger partial charge is 0.338 e. The largest absolute Gasteiger partial charge is 0.461 e. The standard InChI is InChI=1S/C18H24ClNO2/c1-12-14-2-3-15(10-14)17(12)11-20-8-9-22-18(21)13-4-6-16(19)7-5-13/h4-7,12,14-15,17,20H,2-3,8-11H2,1H3. The summed E-state index contributed by atoms with van der Waals surface area (Å²) in [6, 6.07) is 6.78. The number of carbonyl (C=O) groups is 1. The Bertz CT molecular complexity index is 514. The molecule has 2 aliphatic carbocycles. The van der Waals surface area contributed by atoms with Gasteiger partial charge in [-0.15, -0.1) is 0 Å². The molecule has 0 amide bonds. The third-order valence-electron chi connectivity index (χ3n) is 5.51. The second-order valence-electron chi connectivity index (χ2n) is 6.70. The van der Waals surface area contributed by atoms with Crippen LogP contribution < -0.4 is 5.32 Å². The summed E-state index contributed by atoms with van der Waals surface area (Å²) in [5, 5.41) is 4.08. The molecule has 0 radical (unpaired) electrons. The first kappa shape index (κ1) is 15.8. The van der Waals surface area contributed by atoms with Crippen molar-refractivity contribution in [3.8, 4) is 0 Å². The predicted molar refractivity (Wildman–Crippen MR) is 88.1 cm³/mol. The van der Waals surface area contributed by atoms with Crippen molar-refractivity contribution >= 4 is 17.6 Å². The van der Waals surface area contributed by atoms with Crippen molar-refractivity contribution in [3.05, 3.63) is 34.9 Å². The highest BCUT2D eigenvalue weighted by atomic mass is 35.5. The molecule has 0 aliphatic heterocycles. The van der Waals surface area contributed by atoms with Crippen LogP contribution in [-0.2, 0) is 4.74 Å². The van der Waals surface area contributed by atoms with Gasteiger partial charge in [0.05, 0.1) is 5.56 Å². The van der Waals surface area contributed by atoms with Gasteiger partial charge in [0, 0.05) is 11.6 Å². The van der Waals surface area contributed by atoms with Gasteiger partial charge < -0.3 is 10.1 Å². The summed E-state index contributed by atoms with van der Waals surface area (Å²) >= 11 is 5.80. The first-order valence-corrected chi connectivity index (χ1v) is 8.66. The molecule has 0 saturated heterocycles. The van der Waals surface area contributed by atoms with E-state index in [0.29, 0.717) is 17.2 Å². The van der Waals surface area contributed by atoms with Crippen LogP contribution >= 0.6 is 11.6 Å². The molecule has 2 aliphatic rings. The van der Waals surface area contributed by atoms with Gasteiger partial charge in [0.1, 0.15) is 6.61 Å². The Morgan fingerprint density at radius 3 is 2.68 bits per heavy atom. The first-order valence-electron chi connectivity index (χ1n) is 8.28. The zero-order valence-corrected chi connectivity index (χ0v) is 13.8. The number of carbonyl (C=O) groups excluding carboxylic acids is 1. The number of hydrogen-bond acceptors (Lipinski definition) is 3. The molecular formula is C18H24ClNO2. The summed E-state index contributed by atoms with van der Waals surface area (Å²) in [5.41, 5.74) is 0.547. The average Bonchev–Trinajstić information content (AvgIpc) is 3.10. The van der Waals surface area contributed by atoms with Crippen LogP contribution in [0.25, 0.3) is 0 Å². The topological polar surface area (TPSA) is 38.3 Å². The second-order valence-corrected chi connectivity index (χ2v) is 7.14. The number of nitrogens with one attached hydrogen (secondary N) is 1. The Morgan fingerprint density at radius 1 is 1.27 bits per heavy atom. The Labute approximate surface area is 137 Å². The molecule has 4 unspecified atom stereocenters. The predicted octanol–water partition coefficient (Wildman–Crippen LogP) is 3.77. The lowest BCUT2D eigenvalue weighted by molar-refractivity contribution is 0.0506. The van der Waals surface area contributed by atoms with Crippen molar-refractivity contribution in [1.29, 1.82) is 0 Å². The Morgan fingerprint density at radius 2 is 2.00 bits per heavy atom. The van der Waals surface area contributed by atoms with Gasteiger partial charge in [0.2, 0.25) is 0 Å². The maximum absolute atomic E-state index is 11.8. The van der Waals surface area contributed by atoms with Crippen LogP contribution in [0, 0.1) is 23.7 Å². The van der Waals surface area contributed by atoms with E-state index >= 15 is 0 Å². The van der Waals surface area contributed by atoms with E-state index < -0.39 is 0 Å². The minimum absolute atomic E-state index is 0.285. The van der Waals surface area contributed by atoms with Crippen molar-refractivity contribution < 1.29 is 9.53 Å². The third-order valence-corrected chi connectivity index (χ3v) is 5.76. The Balaban J connectivity index is 1.34. The van der Waals surface area contributed by atoms with E-state index in [2.05, 4.69) is 12.2 Å². The van der Waals surface area contributed by atoms with Crippen molar-refractivity contribution in [2.24, 2.45) is 23.7 Å². The summed E-state index contributed by atoms with van der Waals surface area (Å²) in [6.45, 7) is 4.59. The fourth-order valence-electron chi connectivity index (χ4n) is 4.20. The van der Waals surface area contributed by atoms with Crippen LogP contribution in [0.4, 0.5) is 0 Å². The van der Waals surface area contributed by atoms with Gasteiger partial charge in [-0.05, 0) is 73.7 Å². The van der Waals surface area contributed by atoms with Gasteiger partial charge in [0.15, 0.2) is 0 Å². The van der Waals surface area contributed by atoms with Crippen LogP contribution in [0.3, 0.4) is 0 Å². The summed E-state index contributed by atoms with van der Waals surface area (Å²) in [4.78, 5) is 11.8. The normalized spacial score (nSPS) is 29.7. The quantitative estimate of drug-likeness (QED) is 0.640. The number of ether oxygens (including phenoxy) is 1. The van der Waals surface area contributed by atoms with E-state index in [1.54, 1.807) is 24.3 Å². The minimum atomic E-state index is -0.285. The Hall–Kier alpha value is -1.06. The molecule has 0 heterocycles. The van der Waals surface area contributed by atoms with Crippen molar-refractivity contribution in [3.63, 3.8) is 0 Å². The van der Waals surface area contributed by atoms with E-state index in [1.165, 1.54) is 19.3 Å². The van der Waals surface area contributed by atoms with Crippen molar-refractivity contribution in [2.45, 2.75) is 26.2 Å². The highest BCUT2D eigenvalue weighted by molar-refractivity contribution is 6.30. The first-order chi connectivity index (χ1) is 10.6. The highest BCUT2D eigenvalue weighted by Gasteiger charge is 2.44. The molecule has 0 spiro atoms. The zero-order chi connectivity index (χ0) is 15.5. The number of rotatable bonds is 6. The number of hydrogen-bond donors (Lipinski definition) is 1. The van der Waals surface area contributed by atoms with E-state index in [0.717, 1.165) is 36.8 Å². The molecule has 2 fully saturated rings. The van der Waals surface area contributed by atoms with Crippen molar-refractivity contribution in [1.82, 2.24) is 5.32 Å². The monoisotopic (exact) mass is 321 g/mol. The highest BCUT2D eigenvalue weighted by Crippen LogP contribution is 2.51. The number of esters is 1. The van der Waals surface area contributed by atoms with Gasteiger partial charge in [-0.1, -0.05) is 18.5 Å². The number of halogens is 1. The molecule has 120 valence electrons. The molecule has 3 rings (SSSR count). The summed E-state index contributed by atoms with van der Waals surface area (Å²) in [7, 11) is 0. The molecule has 0 aromatic heterocycles. The summed E-state index contributed by atoms with van der Waals surface area (Å²) in [5.74, 6) is 3.25. The molecule has 4 heteroatoms. The molecule has 2 bridgehead atoms. The molecule has 3 nitrogen and oxygen atoms in total. The molecule has 2 saturated carbocycles. The van der Waals surface area contributed by atoms with E-state index in [4.69, 9.17) is 16.3 Å². The van der Waals surface area contributed by atoms with Crippen LogP contribution in [0.1, 0.15) is 36.5 Å². The Kier molecular flexibility index (Phi) is 5.04. The van der Waals surface area contributed by atoms with Crippen LogP contribution in [0.5, 0.6) is 0 Å². The van der Waals surface area contributed by atoms with Crippen LogP contribution in [-0.4, -0.2) is 25.7 Å². The van der Waals surface area contributed by atoms with E-state index in [1.807, 2.05) is 0 Å². The molecule has 1 aromatic rings. The lowest BCUT2D eigenvalue weighted by Gasteiger charge is -2.28. The fourth-order valence-corrected chi connectivity index (χ4v) is 4.33. The maximum Gasteiger partial charge on any atom is 0.338 e. The van der Waals surface area contributed by atoms with E-state index in [-0.39, 0.29) is 5.97 Å². The van der Waals surface area contributed by atoms with Gasteiger partial charge >= 0.3 is 5.97 Å². The van der Waals surface area contributed by atoms with Gasteiger partial charge in [-0.3, -0.25) is 0 Å². The lowest BCUT2D eigenvalue weighted by Crippen LogP contribution is -2.33. The molecule has 22 heavy (non-hydrogen) atoms. The molecular weight excluding hydrogens is 298 g/mol. The fraction of sp³-hybridized carbons (Fsp3) is 0.611. The lowest BCUT2D eigenvalue weighted by atomic mass is 9.80. The molecule has 4 atom stereocenters. The molecule has 1 aromatic carbocycles. The SMILES string of the molecule is CC1C2CCC(C2)C1CNCCOC(=O)c1ccc(Cl)cc1. The van der Waals surface area contributed by atoms with Crippen molar-refractivity contribution in [2.75, 3.05) is 19.7 Å². The maximum atomic E-state index is 11.8. The zero-order valence-electron chi connectivity index (χ0n) is 13.1. The summed E-state index contributed by atoms with van der Waals surface area (Å²) in [6.07, 6.45) is 4.27. The summed E-state index contributed by atoms with van der Waals surface area (Å²) < 4.78 is 5.28. The number of benzene rings is 1. The molecule has 1 N–H and O–H groups in total. The second kappa shape index (κ2) is 7.01. The van der Waals surface area contributed by atoms with Crippen LogP contribution in [0.15, 0.2) is 24.3 Å². The van der Waals surface area contributed by atoms with Gasteiger partial charge in [0.25, 0.3) is 0 Å². The number of fused-ring (bicyclic) bond motifs is 2. The minimum Gasteiger partial charge on any atom is -0.461 e. The van der Waals surface area contributed by atoms with Gasteiger partial charge in [-0.25, -0.2) is 4.79 Å². The van der Waals surface area contributed by atoms with Crippen LogP contribution in [0.2, 0.25) is 5.02 Å². The third kappa shape index (κ3) is 3.47. The van der Waals surface area contributed by atoms with E-state index in [9.17, 15) is 4.79 Å². The van der Waals surface area contributed by atoms with Gasteiger partial charge in [-0.2, -0.15) is 0 Å². The average molecular weight is 322 g/mol.